The molecule has 2 N–H and O–H groups in total. The van der Waals surface area contributed by atoms with Crippen molar-refractivity contribution in [2.75, 3.05) is 0 Å². The molecule has 0 aliphatic heterocycles. The average Bonchev–Trinajstić information content (AvgIpc) is 3.12. The van der Waals surface area contributed by atoms with Gasteiger partial charge >= 0.3 is 0 Å². The molecule has 1 aliphatic rings. The van der Waals surface area contributed by atoms with Crippen molar-refractivity contribution in [1.29, 1.82) is 0 Å². The van der Waals surface area contributed by atoms with Crippen LogP contribution in [0.25, 0.3) is 33.1 Å². The van der Waals surface area contributed by atoms with E-state index in [-0.39, 0.29) is 5.75 Å². The SMILES string of the molecule is Oc1ccc(-c2nc3ccc4[nH]ccc4c3c3c2CCCC3)cc1Cl. The maximum atomic E-state index is 9.74. The second-order valence-electron chi connectivity index (χ2n) is 6.69. The van der Waals surface area contributed by atoms with E-state index in [1.54, 1.807) is 6.07 Å². The van der Waals surface area contributed by atoms with Crippen LogP contribution in [0.2, 0.25) is 5.02 Å². The second kappa shape index (κ2) is 5.50. The fourth-order valence-electron chi connectivity index (χ4n) is 4.06. The summed E-state index contributed by atoms with van der Waals surface area (Å²) in [5.74, 6) is 0.106. The number of nitrogens with zero attached hydrogens (tertiary/aromatic N) is 1. The first-order valence-corrected chi connectivity index (χ1v) is 9.00. The number of pyridine rings is 1. The number of hydrogen-bond donors (Lipinski definition) is 2. The molecule has 3 nitrogen and oxygen atoms in total. The Hall–Kier alpha value is -2.52. The third-order valence-electron chi connectivity index (χ3n) is 5.22. The lowest BCUT2D eigenvalue weighted by atomic mass is 9.85. The molecule has 2 aromatic carbocycles. The van der Waals surface area contributed by atoms with E-state index < -0.39 is 0 Å². The van der Waals surface area contributed by atoms with E-state index in [2.05, 4.69) is 23.2 Å². The Bertz CT molecular complexity index is 1130. The molecule has 0 bridgehead atoms. The van der Waals surface area contributed by atoms with Crippen molar-refractivity contribution in [3.63, 3.8) is 0 Å². The molecule has 2 aromatic heterocycles. The molecule has 0 spiro atoms. The van der Waals surface area contributed by atoms with E-state index in [9.17, 15) is 5.11 Å². The van der Waals surface area contributed by atoms with Gasteiger partial charge in [-0.2, -0.15) is 0 Å². The topological polar surface area (TPSA) is 48.9 Å². The van der Waals surface area contributed by atoms with Crippen molar-refractivity contribution in [3.05, 3.63) is 58.7 Å². The summed E-state index contributed by atoms with van der Waals surface area (Å²) in [5.41, 5.74) is 6.89. The summed E-state index contributed by atoms with van der Waals surface area (Å²) in [4.78, 5) is 8.31. The number of phenolic OH excluding ortho intramolecular Hbond substituents is 1. The van der Waals surface area contributed by atoms with Gasteiger partial charge in [-0.1, -0.05) is 11.6 Å². The Labute approximate surface area is 150 Å². The molecular formula is C21H17ClN2O. The minimum Gasteiger partial charge on any atom is -0.506 e. The van der Waals surface area contributed by atoms with Gasteiger partial charge in [-0.25, -0.2) is 4.98 Å². The molecule has 0 fully saturated rings. The summed E-state index contributed by atoms with van der Waals surface area (Å²) in [6, 6.07) is 11.7. The van der Waals surface area contributed by atoms with Crippen molar-refractivity contribution < 1.29 is 5.11 Å². The quantitative estimate of drug-likeness (QED) is 0.469. The highest BCUT2D eigenvalue weighted by molar-refractivity contribution is 6.32. The number of aromatic hydroxyl groups is 1. The summed E-state index contributed by atoms with van der Waals surface area (Å²) in [7, 11) is 0. The zero-order valence-corrected chi connectivity index (χ0v) is 14.4. The Balaban J connectivity index is 1.88. The van der Waals surface area contributed by atoms with Gasteiger partial charge in [0.25, 0.3) is 0 Å². The summed E-state index contributed by atoms with van der Waals surface area (Å²) in [6.07, 6.45) is 6.50. The maximum absolute atomic E-state index is 9.74. The molecule has 2 heterocycles. The molecule has 4 aromatic rings. The first kappa shape index (κ1) is 14.8. The van der Waals surface area contributed by atoms with E-state index in [0.29, 0.717) is 5.02 Å². The van der Waals surface area contributed by atoms with Gasteiger partial charge in [0.15, 0.2) is 0 Å². The van der Waals surface area contributed by atoms with Gasteiger partial charge in [-0.05, 0) is 73.2 Å². The van der Waals surface area contributed by atoms with E-state index in [4.69, 9.17) is 16.6 Å². The first-order valence-electron chi connectivity index (χ1n) is 8.63. The largest absolute Gasteiger partial charge is 0.506 e. The number of fused-ring (bicyclic) bond motifs is 5. The standard InChI is InChI=1S/C21H17ClN2O/c22-16-11-12(5-8-19(16)25)21-14-4-2-1-3-13(14)20-15-9-10-23-17(15)6-7-18(20)24-21/h5-11,23,25H,1-4H2. The molecule has 1 aliphatic carbocycles. The third kappa shape index (κ3) is 2.23. The third-order valence-corrected chi connectivity index (χ3v) is 5.52. The van der Waals surface area contributed by atoms with Crippen molar-refractivity contribution in [2.45, 2.75) is 25.7 Å². The number of aromatic amines is 1. The van der Waals surface area contributed by atoms with E-state index in [1.807, 2.05) is 18.3 Å². The number of phenols is 1. The van der Waals surface area contributed by atoms with Crippen LogP contribution in [0.5, 0.6) is 5.75 Å². The highest BCUT2D eigenvalue weighted by Crippen LogP contribution is 2.39. The number of H-pyrrole nitrogens is 1. The highest BCUT2D eigenvalue weighted by Gasteiger charge is 2.21. The molecule has 4 heteroatoms. The summed E-state index contributed by atoms with van der Waals surface area (Å²) in [5, 5.41) is 12.6. The van der Waals surface area contributed by atoms with Gasteiger partial charge in [0.2, 0.25) is 0 Å². The summed E-state index contributed by atoms with van der Waals surface area (Å²) < 4.78 is 0. The van der Waals surface area contributed by atoms with Crippen LogP contribution in [0.4, 0.5) is 0 Å². The number of aromatic nitrogens is 2. The van der Waals surface area contributed by atoms with Crippen LogP contribution < -0.4 is 0 Å². The lowest BCUT2D eigenvalue weighted by Gasteiger charge is -2.22. The fraction of sp³-hybridized carbons (Fsp3) is 0.190. The number of aryl methyl sites for hydroxylation is 1. The van der Waals surface area contributed by atoms with Crippen LogP contribution in [0.3, 0.4) is 0 Å². The summed E-state index contributed by atoms with van der Waals surface area (Å²) in [6.45, 7) is 0. The number of halogens is 1. The van der Waals surface area contributed by atoms with Crippen LogP contribution in [0.15, 0.2) is 42.6 Å². The van der Waals surface area contributed by atoms with E-state index >= 15 is 0 Å². The second-order valence-corrected chi connectivity index (χ2v) is 7.10. The minimum atomic E-state index is 0.106. The highest BCUT2D eigenvalue weighted by atomic mass is 35.5. The van der Waals surface area contributed by atoms with Crippen molar-refractivity contribution >= 4 is 33.4 Å². The van der Waals surface area contributed by atoms with Gasteiger partial charge in [-0.15, -0.1) is 0 Å². The number of rotatable bonds is 1. The van der Waals surface area contributed by atoms with Crippen LogP contribution in [-0.2, 0) is 12.8 Å². The van der Waals surface area contributed by atoms with Crippen molar-refractivity contribution in [2.24, 2.45) is 0 Å². The molecule has 124 valence electrons. The lowest BCUT2D eigenvalue weighted by molar-refractivity contribution is 0.475. The molecule has 0 saturated carbocycles. The van der Waals surface area contributed by atoms with Gasteiger partial charge in [0.05, 0.1) is 16.2 Å². The van der Waals surface area contributed by atoms with E-state index in [0.717, 1.165) is 35.1 Å². The van der Waals surface area contributed by atoms with Crippen molar-refractivity contribution in [3.8, 4) is 17.0 Å². The number of hydrogen-bond acceptors (Lipinski definition) is 2. The summed E-state index contributed by atoms with van der Waals surface area (Å²) >= 11 is 6.15. The first-order chi connectivity index (χ1) is 12.2. The molecular weight excluding hydrogens is 332 g/mol. The van der Waals surface area contributed by atoms with Gasteiger partial charge in [0.1, 0.15) is 5.75 Å². The predicted octanol–water partition coefficient (Wildman–Crippen LogP) is 5.62. The number of nitrogens with one attached hydrogen (secondary N) is 1. The Morgan fingerprint density at radius 1 is 1.00 bits per heavy atom. The zero-order valence-electron chi connectivity index (χ0n) is 13.6. The smallest absolute Gasteiger partial charge is 0.134 e. The Kier molecular flexibility index (Phi) is 3.25. The molecule has 25 heavy (non-hydrogen) atoms. The molecule has 0 amide bonds. The average molecular weight is 349 g/mol. The molecule has 5 rings (SSSR count). The molecule has 0 saturated heterocycles. The molecule has 0 atom stereocenters. The number of benzene rings is 2. The Morgan fingerprint density at radius 2 is 1.84 bits per heavy atom. The lowest BCUT2D eigenvalue weighted by Crippen LogP contribution is -2.07. The normalized spacial score (nSPS) is 14.1. The molecule has 0 unspecified atom stereocenters. The maximum Gasteiger partial charge on any atom is 0.134 e. The van der Waals surface area contributed by atoms with Crippen LogP contribution in [0, 0.1) is 0 Å². The van der Waals surface area contributed by atoms with Gasteiger partial charge in [0, 0.05) is 28.0 Å². The minimum absolute atomic E-state index is 0.106. The van der Waals surface area contributed by atoms with Crippen LogP contribution >= 0.6 is 11.6 Å². The zero-order chi connectivity index (χ0) is 17.0. The van der Waals surface area contributed by atoms with Crippen LogP contribution in [0.1, 0.15) is 24.0 Å². The molecule has 0 radical (unpaired) electrons. The Morgan fingerprint density at radius 3 is 2.68 bits per heavy atom. The monoisotopic (exact) mass is 348 g/mol. The van der Waals surface area contributed by atoms with E-state index in [1.165, 1.54) is 34.7 Å². The predicted molar refractivity (Wildman–Crippen MR) is 102 cm³/mol. The fourth-order valence-corrected chi connectivity index (χ4v) is 4.24. The van der Waals surface area contributed by atoms with Gasteiger partial charge < -0.3 is 10.1 Å². The van der Waals surface area contributed by atoms with Crippen molar-refractivity contribution in [1.82, 2.24) is 9.97 Å². The van der Waals surface area contributed by atoms with Gasteiger partial charge in [-0.3, -0.25) is 0 Å². The van der Waals surface area contributed by atoms with Crippen LogP contribution in [-0.4, -0.2) is 15.1 Å².